The summed E-state index contributed by atoms with van der Waals surface area (Å²) in [6.07, 6.45) is 1.12. The smallest absolute Gasteiger partial charge is 0.241 e. The number of nitrogens with zero attached hydrogens (tertiary/aromatic N) is 2. The maximum Gasteiger partial charge on any atom is 0.241 e. The molecule has 0 aromatic heterocycles. The van der Waals surface area contributed by atoms with Gasteiger partial charge in [0.1, 0.15) is 0 Å². The molecule has 2 unspecified atom stereocenters. The molecule has 1 aromatic rings. The predicted octanol–water partition coefficient (Wildman–Crippen LogP) is 1.13. The van der Waals surface area contributed by atoms with Gasteiger partial charge in [0.15, 0.2) is 0 Å². The third-order valence-electron chi connectivity index (χ3n) is 4.78. The second kappa shape index (κ2) is 5.89. The molecule has 0 radical (unpaired) electrons. The lowest BCUT2D eigenvalue weighted by Gasteiger charge is -2.22. The summed E-state index contributed by atoms with van der Waals surface area (Å²) >= 11 is 0. The molecular weight excluding hydrogens is 314 g/mol. The minimum absolute atomic E-state index is 0.0243. The molecule has 2 heterocycles. The van der Waals surface area contributed by atoms with E-state index in [0.29, 0.717) is 24.7 Å². The minimum atomic E-state index is -3.77. The number of likely N-dealkylation sites (tertiary alicyclic amines) is 1. The van der Waals surface area contributed by atoms with Crippen LogP contribution >= 0.6 is 0 Å². The number of carbonyl (C=O) groups is 1. The lowest BCUT2D eigenvalue weighted by Crippen LogP contribution is -2.39. The first kappa shape index (κ1) is 16.4. The van der Waals surface area contributed by atoms with Crippen molar-refractivity contribution in [2.45, 2.75) is 31.1 Å². The summed E-state index contributed by atoms with van der Waals surface area (Å²) in [4.78, 5) is 16.6. The van der Waals surface area contributed by atoms with E-state index in [2.05, 4.69) is 11.8 Å². The number of fused-ring (bicyclic) bond motifs is 1. The second-order valence-electron chi connectivity index (χ2n) is 6.80. The van der Waals surface area contributed by atoms with Crippen LogP contribution in [0, 0.1) is 5.92 Å². The first-order chi connectivity index (χ1) is 10.8. The van der Waals surface area contributed by atoms with E-state index in [-0.39, 0.29) is 16.7 Å². The summed E-state index contributed by atoms with van der Waals surface area (Å²) in [6, 6.07) is 4.81. The molecule has 7 heteroatoms. The normalized spacial score (nSPS) is 24.9. The van der Waals surface area contributed by atoms with E-state index >= 15 is 0 Å². The number of nitrogens with two attached hydrogens (primary N) is 1. The van der Waals surface area contributed by atoms with Gasteiger partial charge < -0.3 is 4.90 Å². The van der Waals surface area contributed by atoms with Crippen LogP contribution in [0.3, 0.4) is 0 Å². The van der Waals surface area contributed by atoms with Crippen molar-refractivity contribution in [3.8, 4) is 0 Å². The van der Waals surface area contributed by atoms with Crippen LogP contribution in [0.4, 0.5) is 5.69 Å². The molecular formula is C16H23N3O3S. The van der Waals surface area contributed by atoms with E-state index in [0.717, 1.165) is 25.1 Å². The SMILES string of the molecule is CC1CCN(CC(=O)N2CC(C)c3ccc(S(N)(=O)=O)cc32)C1. The molecule has 0 saturated carbocycles. The number of benzene rings is 1. The maximum absolute atomic E-state index is 12.7. The molecule has 1 amide bonds. The number of amides is 1. The van der Waals surface area contributed by atoms with Gasteiger partial charge in [-0.25, -0.2) is 13.6 Å². The Morgan fingerprint density at radius 3 is 2.65 bits per heavy atom. The van der Waals surface area contributed by atoms with E-state index in [9.17, 15) is 13.2 Å². The minimum Gasteiger partial charge on any atom is -0.310 e. The molecule has 2 aliphatic rings. The molecule has 3 rings (SSSR count). The average molecular weight is 337 g/mol. The van der Waals surface area contributed by atoms with Crippen LogP contribution in [0.5, 0.6) is 0 Å². The molecule has 2 atom stereocenters. The summed E-state index contributed by atoms with van der Waals surface area (Å²) in [5.74, 6) is 0.846. The lowest BCUT2D eigenvalue weighted by molar-refractivity contribution is -0.119. The molecule has 126 valence electrons. The Bertz CT molecular complexity index is 732. The average Bonchev–Trinajstić information content (AvgIpc) is 3.02. The number of hydrogen-bond acceptors (Lipinski definition) is 4. The van der Waals surface area contributed by atoms with Crippen LogP contribution in [0.15, 0.2) is 23.1 Å². The first-order valence-electron chi connectivity index (χ1n) is 7.95. The topological polar surface area (TPSA) is 83.7 Å². The Kier molecular flexibility index (Phi) is 4.20. The molecule has 1 fully saturated rings. The Hall–Kier alpha value is -1.44. The van der Waals surface area contributed by atoms with Crippen molar-refractivity contribution >= 4 is 21.6 Å². The van der Waals surface area contributed by atoms with E-state index in [4.69, 9.17) is 5.14 Å². The van der Waals surface area contributed by atoms with Crippen molar-refractivity contribution in [2.75, 3.05) is 31.1 Å². The number of hydrogen-bond donors (Lipinski definition) is 1. The van der Waals surface area contributed by atoms with E-state index < -0.39 is 10.0 Å². The van der Waals surface area contributed by atoms with Gasteiger partial charge in [-0.1, -0.05) is 19.9 Å². The number of carbonyl (C=O) groups excluding carboxylic acids is 1. The van der Waals surface area contributed by atoms with Gasteiger partial charge in [0, 0.05) is 24.7 Å². The molecule has 0 bridgehead atoms. The largest absolute Gasteiger partial charge is 0.310 e. The molecule has 0 aliphatic carbocycles. The van der Waals surface area contributed by atoms with Crippen molar-refractivity contribution in [1.82, 2.24) is 4.90 Å². The molecule has 2 aliphatic heterocycles. The molecule has 23 heavy (non-hydrogen) atoms. The van der Waals surface area contributed by atoms with Gasteiger partial charge in [-0.05, 0) is 36.6 Å². The number of rotatable bonds is 3. The number of primary sulfonamides is 1. The zero-order chi connectivity index (χ0) is 16.8. The number of sulfonamides is 1. The highest BCUT2D eigenvalue weighted by atomic mass is 32.2. The monoisotopic (exact) mass is 337 g/mol. The zero-order valence-corrected chi connectivity index (χ0v) is 14.3. The standard InChI is InChI=1S/C16H23N3O3S/c1-11-5-6-18(8-11)10-16(20)19-9-12(2)14-4-3-13(7-15(14)19)23(17,21)22/h3-4,7,11-12H,5-6,8-10H2,1-2H3,(H2,17,21,22). The van der Waals surface area contributed by atoms with Crippen molar-refractivity contribution in [3.05, 3.63) is 23.8 Å². The van der Waals surface area contributed by atoms with Gasteiger partial charge in [0.05, 0.1) is 11.4 Å². The highest BCUT2D eigenvalue weighted by molar-refractivity contribution is 7.89. The second-order valence-corrected chi connectivity index (χ2v) is 8.36. The Labute approximate surface area is 137 Å². The zero-order valence-electron chi connectivity index (χ0n) is 13.5. The third-order valence-corrected chi connectivity index (χ3v) is 5.69. The summed E-state index contributed by atoms with van der Waals surface area (Å²) in [7, 11) is -3.77. The van der Waals surface area contributed by atoms with Crippen molar-refractivity contribution in [3.63, 3.8) is 0 Å². The molecule has 2 N–H and O–H groups in total. The summed E-state index contributed by atoms with van der Waals surface area (Å²) in [5.41, 5.74) is 1.68. The lowest BCUT2D eigenvalue weighted by atomic mass is 10.0. The molecule has 6 nitrogen and oxygen atoms in total. The van der Waals surface area contributed by atoms with Gasteiger partial charge in [-0.2, -0.15) is 0 Å². The molecule has 0 spiro atoms. The fourth-order valence-electron chi connectivity index (χ4n) is 3.50. The van der Waals surface area contributed by atoms with Crippen LogP contribution in [0.2, 0.25) is 0 Å². The fourth-order valence-corrected chi connectivity index (χ4v) is 4.04. The van der Waals surface area contributed by atoms with Gasteiger partial charge in [-0.15, -0.1) is 0 Å². The van der Waals surface area contributed by atoms with Crippen LogP contribution in [-0.4, -0.2) is 45.4 Å². The fraction of sp³-hybridized carbons (Fsp3) is 0.562. The van der Waals surface area contributed by atoms with Gasteiger partial charge >= 0.3 is 0 Å². The summed E-state index contributed by atoms with van der Waals surface area (Å²) in [5, 5.41) is 5.21. The van der Waals surface area contributed by atoms with E-state index in [1.807, 2.05) is 6.92 Å². The van der Waals surface area contributed by atoms with Gasteiger partial charge in [-0.3, -0.25) is 9.69 Å². The van der Waals surface area contributed by atoms with E-state index in [1.165, 1.54) is 12.1 Å². The Balaban J connectivity index is 1.84. The predicted molar refractivity (Wildman–Crippen MR) is 88.8 cm³/mol. The maximum atomic E-state index is 12.7. The van der Waals surface area contributed by atoms with Crippen molar-refractivity contribution in [1.29, 1.82) is 0 Å². The van der Waals surface area contributed by atoms with Crippen LogP contribution in [0.25, 0.3) is 0 Å². The quantitative estimate of drug-likeness (QED) is 0.896. The molecule has 1 saturated heterocycles. The highest BCUT2D eigenvalue weighted by Crippen LogP contribution is 2.37. The van der Waals surface area contributed by atoms with Crippen LogP contribution in [-0.2, 0) is 14.8 Å². The summed E-state index contributed by atoms with van der Waals surface area (Å²) < 4.78 is 23.1. The molecule has 1 aromatic carbocycles. The highest BCUT2D eigenvalue weighted by Gasteiger charge is 2.32. The van der Waals surface area contributed by atoms with Crippen LogP contribution < -0.4 is 10.0 Å². The Morgan fingerprint density at radius 2 is 2.04 bits per heavy atom. The van der Waals surface area contributed by atoms with E-state index in [1.54, 1.807) is 11.0 Å². The first-order valence-corrected chi connectivity index (χ1v) is 9.50. The third kappa shape index (κ3) is 3.27. The van der Waals surface area contributed by atoms with Crippen LogP contribution in [0.1, 0.15) is 31.7 Å². The van der Waals surface area contributed by atoms with Crippen molar-refractivity contribution < 1.29 is 13.2 Å². The van der Waals surface area contributed by atoms with Gasteiger partial charge in [0.25, 0.3) is 0 Å². The van der Waals surface area contributed by atoms with Gasteiger partial charge in [0.2, 0.25) is 15.9 Å². The number of anilines is 1. The summed E-state index contributed by atoms with van der Waals surface area (Å²) in [6.45, 7) is 7.10. The van der Waals surface area contributed by atoms with Crippen molar-refractivity contribution in [2.24, 2.45) is 11.1 Å². The Morgan fingerprint density at radius 1 is 1.30 bits per heavy atom.